The second-order valence-corrected chi connectivity index (χ2v) is 6.71. The van der Waals surface area contributed by atoms with Gasteiger partial charge in [0, 0.05) is 17.9 Å². The van der Waals surface area contributed by atoms with E-state index in [0.717, 1.165) is 40.2 Å². The van der Waals surface area contributed by atoms with E-state index in [-0.39, 0.29) is 0 Å². The van der Waals surface area contributed by atoms with Crippen molar-refractivity contribution in [2.45, 2.75) is 6.92 Å². The fourth-order valence-corrected chi connectivity index (χ4v) is 3.67. The van der Waals surface area contributed by atoms with Gasteiger partial charge in [0.2, 0.25) is 0 Å². The number of aromatic nitrogens is 1. The lowest BCUT2D eigenvalue weighted by molar-refractivity contribution is 0.417. The Kier molecular flexibility index (Phi) is 4.60. The van der Waals surface area contributed by atoms with Gasteiger partial charge in [-0.1, -0.05) is 36.4 Å². The first-order valence-corrected chi connectivity index (χ1v) is 9.23. The van der Waals surface area contributed by atoms with Crippen molar-refractivity contribution < 1.29 is 4.74 Å². The smallest absolute Gasteiger partial charge is 0.122 e. The molecule has 4 rings (SSSR count). The van der Waals surface area contributed by atoms with Gasteiger partial charge < -0.3 is 15.0 Å². The summed E-state index contributed by atoms with van der Waals surface area (Å²) in [6, 6.07) is 18.0. The number of nitrogens with one attached hydrogen (secondary N) is 1. The number of thiazole rings is 1. The molecule has 0 radical (unpaired) electrons. The average Bonchev–Trinajstić information content (AvgIpc) is 3.29. The third-order valence-corrected chi connectivity index (χ3v) is 5.04. The zero-order valence-corrected chi connectivity index (χ0v) is 15.5. The van der Waals surface area contributed by atoms with Crippen LogP contribution in [0.4, 0.5) is 16.5 Å². The first-order valence-electron chi connectivity index (χ1n) is 8.35. The first kappa shape index (κ1) is 16.6. The number of nitrogens with zero attached hydrogens (tertiary/aromatic N) is 3. The van der Waals surface area contributed by atoms with Gasteiger partial charge in [0.15, 0.2) is 0 Å². The lowest BCUT2D eigenvalue weighted by atomic mass is 10.2. The number of ether oxygens (including phenoxy) is 1. The molecule has 0 atom stereocenters. The van der Waals surface area contributed by atoms with Gasteiger partial charge in [-0.3, -0.25) is 5.01 Å². The molecule has 0 fully saturated rings. The molecule has 2 heterocycles. The number of methoxy groups -OCH3 is 1. The minimum atomic E-state index is 0.725. The molecule has 2 aromatic carbocycles. The molecule has 1 aliphatic rings. The molecule has 0 saturated heterocycles. The predicted octanol–water partition coefficient (Wildman–Crippen LogP) is 5.24. The lowest BCUT2D eigenvalue weighted by Gasteiger charge is -2.20. The van der Waals surface area contributed by atoms with Crippen molar-refractivity contribution in [2.75, 3.05) is 18.7 Å². The van der Waals surface area contributed by atoms with E-state index in [4.69, 9.17) is 9.72 Å². The molecule has 1 N–H and O–H groups in total. The molecule has 5 nitrogen and oxygen atoms in total. The summed E-state index contributed by atoms with van der Waals surface area (Å²) in [6.07, 6.45) is 0. The molecule has 1 aromatic heterocycles. The maximum Gasteiger partial charge on any atom is 0.122 e. The largest absolute Gasteiger partial charge is 0.497 e. The van der Waals surface area contributed by atoms with Crippen LogP contribution < -0.4 is 15.2 Å². The van der Waals surface area contributed by atoms with E-state index in [2.05, 4.69) is 40.2 Å². The fourth-order valence-electron chi connectivity index (χ4n) is 2.96. The normalized spacial score (nSPS) is 14.0. The van der Waals surface area contributed by atoms with Crippen LogP contribution in [0.2, 0.25) is 0 Å². The molecular formula is C20H19N4OS-. The quantitative estimate of drug-likeness (QED) is 0.673. The van der Waals surface area contributed by atoms with E-state index in [9.17, 15) is 0 Å². The summed E-state index contributed by atoms with van der Waals surface area (Å²) in [7, 11) is 1.65. The van der Waals surface area contributed by atoms with E-state index >= 15 is 0 Å². The molecule has 1 aliphatic heterocycles. The third kappa shape index (κ3) is 3.16. The number of rotatable bonds is 5. The first-order chi connectivity index (χ1) is 12.8. The maximum absolute atomic E-state index is 5.36. The van der Waals surface area contributed by atoms with Gasteiger partial charge in [0.05, 0.1) is 12.8 Å². The topological polar surface area (TPSA) is 51.5 Å². The molecule has 0 unspecified atom stereocenters. The maximum atomic E-state index is 5.36. The van der Waals surface area contributed by atoms with Gasteiger partial charge in [-0.05, 0) is 46.9 Å². The molecule has 0 saturated carbocycles. The number of hydrazine groups is 1. The van der Waals surface area contributed by atoms with Crippen LogP contribution in [-0.2, 0) is 0 Å². The van der Waals surface area contributed by atoms with E-state index in [1.165, 1.54) is 16.9 Å². The van der Waals surface area contributed by atoms with Gasteiger partial charge in [0.25, 0.3) is 0 Å². The standard InChI is InChI=1S/C20H19N4OS/c1-14-16(12-21-24(14)15-8-4-3-5-9-15)18-13-26-20(23-18)22-17-10-6-7-11-19(17)25-2/h3-11,13,21H,12H2,1-2H3/q-1. The predicted molar refractivity (Wildman–Crippen MR) is 107 cm³/mol. The Morgan fingerprint density at radius 1 is 1.12 bits per heavy atom. The Bertz CT molecular complexity index is 936. The molecule has 26 heavy (non-hydrogen) atoms. The van der Waals surface area contributed by atoms with Gasteiger partial charge >= 0.3 is 0 Å². The van der Waals surface area contributed by atoms with Crippen molar-refractivity contribution in [1.82, 2.24) is 10.4 Å². The van der Waals surface area contributed by atoms with Crippen molar-refractivity contribution in [2.24, 2.45) is 0 Å². The SMILES string of the molecule is COc1ccccc1[N-]c1nc(C2=C(C)N(c3ccccc3)NC2)cs1. The summed E-state index contributed by atoms with van der Waals surface area (Å²) in [5.74, 6) is 0.748. The summed E-state index contributed by atoms with van der Waals surface area (Å²) >= 11 is 1.54. The monoisotopic (exact) mass is 363 g/mol. The Morgan fingerprint density at radius 3 is 2.69 bits per heavy atom. The summed E-state index contributed by atoms with van der Waals surface area (Å²) < 4.78 is 5.36. The Hall–Kier alpha value is -2.83. The Balaban J connectivity index is 1.57. The van der Waals surface area contributed by atoms with Crippen molar-refractivity contribution in [1.29, 1.82) is 0 Å². The molecule has 0 amide bonds. The van der Waals surface area contributed by atoms with Crippen molar-refractivity contribution in [3.63, 3.8) is 0 Å². The zero-order chi connectivity index (χ0) is 17.9. The van der Waals surface area contributed by atoms with Crippen molar-refractivity contribution in [3.8, 4) is 5.75 Å². The minimum Gasteiger partial charge on any atom is -0.497 e. The van der Waals surface area contributed by atoms with E-state index in [1.54, 1.807) is 7.11 Å². The van der Waals surface area contributed by atoms with Crippen LogP contribution in [0, 0.1) is 0 Å². The lowest BCUT2D eigenvalue weighted by Crippen LogP contribution is -2.30. The number of hydrogen-bond acceptors (Lipinski definition) is 5. The number of allylic oxidation sites excluding steroid dienone is 1. The van der Waals surface area contributed by atoms with Crippen LogP contribution in [0.1, 0.15) is 12.6 Å². The second-order valence-electron chi connectivity index (χ2n) is 5.87. The molecule has 0 spiro atoms. The highest BCUT2D eigenvalue weighted by Gasteiger charge is 2.20. The Labute approximate surface area is 156 Å². The Morgan fingerprint density at radius 2 is 1.88 bits per heavy atom. The number of benzene rings is 2. The zero-order valence-electron chi connectivity index (χ0n) is 14.6. The van der Waals surface area contributed by atoms with Crippen LogP contribution >= 0.6 is 11.3 Å². The highest BCUT2D eigenvalue weighted by atomic mass is 32.1. The molecule has 0 aliphatic carbocycles. The van der Waals surface area contributed by atoms with E-state index in [0.29, 0.717) is 0 Å². The average molecular weight is 363 g/mol. The van der Waals surface area contributed by atoms with Gasteiger partial charge in [0.1, 0.15) is 5.75 Å². The number of anilines is 1. The van der Waals surface area contributed by atoms with Crippen LogP contribution in [0.3, 0.4) is 0 Å². The molecule has 6 heteroatoms. The van der Waals surface area contributed by atoms with E-state index in [1.807, 2.05) is 42.5 Å². The number of para-hydroxylation sites is 3. The molecule has 0 bridgehead atoms. The molecular weight excluding hydrogens is 344 g/mol. The van der Waals surface area contributed by atoms with Crippen molar-refractivity contribution in [3.05, 3.63) is 76.7 Å². The van der Waals surface area contributed by atoms with Crippen LogP contribution in [0.15, 0.2) is 65.7 Å². The minimum absolute atomic E-state index is 0.725. The molecule has 3 aromatic rings. The number of hydrogen-bond donors (Lipinski definition) is 1. The van der Waals surface area contributed by atoms with Crippen LogP contribution in [-0.4, -0.2) is 18.6 Å². The third-order valence-electron chi connectivity index (χ3n) is 4.30. The highest BCUT2D eigenvalue weighted by Crippen LogP contribution is 2.40. The van der Waals surface area contributed by atoms with Gasteiger partial charge in [-0.25, -0.2) is 5.43 Å². The van der Waals surface area contributed by atoms with Gasteiger partial charge in [-0.2, -0.15) is 11.3 Å². The van der Waals surface area contributed by atoms with Crippen molar-refractivity contribution >= 4 is 33.4 Å². The van der Waals surface area contributed by atoms with E-state index < -0.39 is 0 Å². The van der Waals surface area contributed by atoms with Crippen LogP contribution in [0.5, 0.6) is 5.75 Å². The summed E-state index contributed by atoms with van der Waals surface area (Å²) in [4.78, 5) is 4.71. The highest BCUT2D eigenvalue weighted by molar-refractivity contribution is 7.14. The summed E-state index contributed by atoms with van der Waals surface area (Å²) in [5, 5.41) is 9.52. The molecule has 132 valence electrons. The summed E-state index contributed by atoms with van der Waals surface area (Å²) in [6.45, 7) is 2.86. The second kappa shape index (κ2) is 7.19. The van der Waals surface area contributed by atoms with Gasteiger partial charge in [-0.15, -0.1) is 0 Å². The van der Waals surface area contributed by atoms with Crippen LogP contribution in [0.25, 0.3) is 10.9 Å². The fraction of sp³-hybridized carbons (Fsp3) is 0.150. The summed E-state index contributed by atoms with van der Waals surface area (Å²) in [5.41, 5.74) is 8.64.